The molecule has 2 aliphatic rings. The molecule has 0 radical (unpaired) electrons. The van der Waals surface area contributed by atoms with Crippen LogP contribution in [0, 0.1) is 5.92 Å². The highest BCUT2D eigenvalue weighted by molar-refractivity contribution is 5.76. The van der Waals surface area contributed by atoms with E-state index in [1.807, 2.05) is 4.90 Å². The highest BCUT2D eigenvalue weighted by atomic mass is 16.6. The van der Waals surface area contributed by atoms with E-state index in [1.165, 1.54) is 6.42 Å². The first kappa shape index (κ1) is 25.0. The highest BCUT2D eigenvalue weighted by Crippen LogP contribution is 2.17. The number of ether oxygens (including phenoxy) is 5. The van der Waals surface area contributed by atoms with E-state index >= 15 is 0 Å². The number of amides is 1. The Kier molecular flexibility index (Phi) is 14.5. The summed E-state index contributed by atoms with van der Waals surface area (Å²) in [6, 6.07) is 0. The quantitative estimate of drug-likeness (QED) is 0.610. The van der Waals surface area contributed by atoms with Crippen molar-refractivity contribution in [2.24, 2.45) is 5.92 Å². The first-order valence-corrected chi connectivity index (χ1v) is 11.4. The molecule has 1 aliphatic heterocycles. The van der Waals surface area contributed by atoms with Crippen molar-refractivity contribution in [1.82, 2.24) is 4.90 Å². The van der Waals surface area contributed by atoms with E-state index < -0.39 is 0 Å². The van der Waals surface area contributed by atoms with Crippen molar-refractivity contribution in [1.29, 1.82) is 0 Å². The standard InChI is InChI=1S/C23H39NO6/c25-23(9-3-1-2-6-22-7-4-5-8-22)24-10-12-26-14-16-28-18-20-30-21-19-29-17-15-27-13-11-24/h4-5,7-8,22H,1-3,6,9-21H2. The smallest absolute Gasteiger partial charge is 0.222 e. The Morgan fingerprint density at radius 3 is 1.63 bits per heavy atom. The van der Waals surface area contributed by atoms with Gasteiger partial charge in [0.1, 0.15) is 0 Å². The maximum atomic E-state index is 12.7. The molecular formula is C23H39NO6. The largest absolute Gasteiger partial charge is 0.377 e. The van der Waals surface area contributed by atoms with Gasteiger partial charge in [0.2, 0.25) is 5.91 Å². The summed E-state index contributed by atoms with van der Waals surface area (Å²) >= 11 is 0. The minimum atomic E-state index is 0.182. The predicted octanol–water partition coefficient (Wildman–Crippen LogP) is 2.60. The Morgan fingerprint density at radius 2 is 1.13 bits per heavy atom. The second-order valence-electron chi connectivity index (χ2n) is 7.48. The number of nitrogens with zero attached hydrogens (tertiary/aromatic N) is 1. The van der Waals surface area contributed by atoms with Gasteiger partial charge >= 0.3 is 0 Å². The maximum Gasteiger partial charge on any atom is 0.222 e. The van der Waals surface area contributed by atoms with E-state index in [1.54, 1.807) is 0 Å². The molecule has 0 atom stereocenters. The Balaban J connectivity index is 1.63. The lowest BCUT2D eigenvalue weighted by Crippen LogP contribution is -2.37. The minimum absolute atomic E-state index is 0.182. The van der Waals surface area contributed by atoms with Gasteiger partial charge in [0.05, 0.1) is 66.1 Å². The van der Waals surface area contributed by atoms with Crippen LogP contribution in [0.4, 0.5) is 0 Å². The van der Waals surface area contributed by atoms with Gasteiger partial charge in [-0.1, -0.05) is 37.1 Å². The van der Waals surface area contributed by atoms with Gasteiger partial charge < -0.3 is 28.6 Å². The molecular weight excluding hydrogens is 386 g/mol. The molecule has 1 fully saturated rings. The first-order valence-electron chi connectivity index (χ1n) is 11.4. The summed E-state index contributed by atoms with van der Waals surface area (Å²) in [5.41, 5.74) is 0. The number of carbonyl (C=O) groups excluding carboxylic acids is 1. The second-order valence-corrected chi connectivity index (χ2v) is 7.48. The summed E-state index contributed by atoms with van der Waals surface area (Å²) in [6.07, 6.45) is 13.6. The van der Waals surface area contributed by atoms with Crippen LogP contribution >= 0.6 is 0 Å². The molecule has 0 aromatic rings. The van der Waals surface area contributed by atoms with Crippen LogP contribution in [0.3, 0.4) is 0 Å². The fraction of sp³-hybridized carbons (Fsp3) is 0.783. The maximum absolute atomic E-state index is 12.7. The Labute approximate surface area is 181 Å². The van der Waals surface area contributed by atoms with Gasteiger partial charge in [-0.15, -0.1) is 0 Å². The zero-order valence-electron chi connectivity index (χ0n) is 18.3. The molecule has 0 saturated carbocycles. The van der Waals surface area contributed by atoms with E-state index in [4.69, 9.17) is 23.7 Å². The van der Waals surface area contributed by atoms with Gasteiger partial charge in [0.15, 0.2) is 0 Å². The van der Waals surface area contributed by atoms with Crippen molar-refractivity contribution in [2.75, 3.05) is 79.2 Å². The van der Waals surface area contributed by atoms with Crippen LogP contribution in [0.2, 0.25) is 0 Å². The molecule has 1 saturated heterocycles. The average Bonchev–Trinajstić information content (AvgIpc) is 3.27. The molecule has 0 bridgehead atoms. The topological polar surface area (TPSA) is 66.5 Å². The van der Waals surface area contributed by atoms with Crippen molar-refractivity contribution in [3.8, 4) is 0 Å². The molecule has 7 nitrogen and oxygen atoms in total. The lowest BCUT2D eigenvalue weighted by molar-refractivity contribution is -0.133. The van der Waals surface area contributed by atoms with Gasteiger partial charge in [-0.2, -0.15) is 0 Å². The van der Waals surface area contributed by atoms with Crippen molar-refractivity contribution in [3.05, 3.63) is 24.3 Å². The third-order valence-electron chi connectivity index (χ3n) is 5.11. The van der Waals surface area contributed by atoms with Crippen LogP contribution in [-0.4, -0.2) is 90.0 Å². The Hall–Kier alpha value is -1.25. The van der Waals surface area contributed by atoms with Gasteiger partial charge in [-0.25, -0.2) is 0 Å². The normalized spacial score (nSPS) is 21.4. The predicted molar refractivity (Wildman–Crippen MR) is 116 cm³/mol. The number of unbranched alkanes of at least 4 members (excludes halogenated alkanes) is 2. The molecule has 30 heavy (non-hydrogen) atoms. The zero-order valence-corrected chi connectivity index (χ0v) is 18.3. The number of rotatable bonds is 6. The first-order chi connectivity index (χ1) is 14.9. The van der Waals surface area contributed by atoms with Crippen molar-refractivity contribution in [2.45, 2.75) is 32.1 Å². The van der Waals surface area contributed by atoms with E-state index in [-0.39, 0.29) is 5.91 Å². The van der Waals surface area contributed by atoms with E-state index in [9.17, 15) is 4.79 Å². The van der Waals surface area contributed by atoms with Gasteiger partial charge in [-0.05, 0) is 18.8 Å². The van der Waals surface area contributed by atoms with E-state index in [2.05, 4.69) is 24.3 Å². The molecule has 0 spiro atoms. The number of hydrogen-bond acceptors (Lipinski definition) is 6. The fourth-order valence-corrected chi connectivity index (χ4v) is 3.35. The van der Waals surface area contributed by atoms with E-state index in [0.29, 0.717) is 91.5 Å². The van der Waals surface area contributed by atoms with Crippen molar-refractivity contribution >= 4 is 5.91 Å². The van der Waals surface area contributed by atoms with Crippen LogP contribution in [0.5, 0.6) is 0 Å². The Bertz CT molecular complexity index is 466. The second kappa shape index (κ2) is 17.4. The molecule has 1 heterocycles. The molecule has 7 heteroatoms. The summed E-state index contributed by atoms with van der Waals surface area (Å²) in [4.78, 5) is 14.5. The molecule has 1 amide bonds. The molecule has 0 aromatic heterocycles. The van der Waals surface area contributed by atoms with Crippen LogP contribution in [0.1, 0.15) is 32.1 Å². The molecule has 0 aromatic carbocycles. The van der Waals surface area contributed by atoms with E-state index in [0.717, 1.165) is 19.3 Å². The van der Waals surface area contributed by atoms with Crippen molar-refractivity contribution in [3.63, 3.8) is 0 Å². The monoisotopic (exact) mass is 425 g/mol. The lowest BCUT2D eigenvalue weighted by Gasteiger charge is -2.23. The SMILES string of the molecule is O=C(CCCCCC1C=CC=C1)N1CCOCCOCCOCCOCCOCC1. The van der Waals surface area contributed by atoms with Crippen LogP contribution in [0.15, 0.2) is 24.3 Å². The van der Waals surface area contributed by atoms with Crippen LogP contribution in [-0.2, 0) is 28.5 Å². The summed E-state index contributed by atoms with van der Waals surface area (Å²) in [7, 11) is 0. The van der Waals surface area contributed by atoms with Gasteiger partial charge in [0.25, 0.3) is 0 Å². The number of allylic oxidation sites excluding steroid dienone is 4. The Morgan fingerprint density at radius 1 is 0.667 bits per heavy atom. The number of carbonyl (C=O) groups is 1. The average molecular weight is 426 g/mol. The summed E-state index contributed by atoms with van der Waals surface area (Å²) in [6.45, 7) is 6.48. The summed E-state index contributed by atoms with van der Waals surface area (Å²) in [5.74, 6) is 0.767. The molecule has 0 unspecified atom stereocenters. The van der Waals surface area contributed by atoms with Gasteiger partial charge in [-0.3, -0.25) is 4.79 Å². The van der Waals surface area contributed by atoms with Crippen LogP contribution in [0.25, 0.3) is 0 Å². The van der Waals surface area contributed by atoms with Crippen molar-refractivity contribution < 1.29 is 28.5 Å². The molecule has 172 valence electrons. The molecule has 1 aliphatic carbocycles. The third kappa shape index (κ3) is 12.4. The van der Waals surface area contributed by atoms with Gasteiger partial charge in [0, 0.05) is 19.5 Å². The number of hydrogen-bond donors (Lipinski definition) is 0. The zero-order chi connectivity index (χ0) is 21.1. The minimum Gasteiger partial charge on any atom is -0.377 e. The third-order valence-corrected chi connectivity index (χ3v) is 5.11. The lowest BCUT2D eigenvalue weighted by atomic mass is 10.0. The molecule has 2 rings (SSSR count). The highest BCUT2D eigenvalue weighted by Gasteiger charge is 2.13. The summed E-state index contributed by atoms with van der Waals surface area (Å²) in [5, 5.41) is 0. The summed E-state index contributed by atoms with van der Waals surface area (Å²) < 4.78 is 27.6. The fourth-order valence-electron chi connectivity index (χ4n) is 3.35. The molecule has 0 N–H and O–H groups in total. The van der Waals surface area contributed by atoms with Crippen LogP contribution < -0.4 is 0 Å².